The first-order valence-corrected chi connectivity index (χ1v) is 11.3. The van der Waals surface area contributed by atoms with E-state index in [1.54, 1.807) is 5.57 Å². The van der Waals surface area contributed by atoms with Crippen molar-refractivity contribution in [3.8, 4) is 0 Å². The lowest BCUT2D eigenvalue weighted by Gasteiger charge is -2.18. The van der Waals surface area contributed by atoms with Gasteiger partial charge in [-0.1, -0.05) is 60.1 Å². The van der Waals surface area contributed by atoms with Gasteiger partial charge in [-0.25, -0.2) is 0 Å². The van der Waals surface area contributed by atoms with Crippen molar-refractivity contribution < 1.29 is 5.11 Å². The lowest BCUT2D eigenvalue weighted by molar-refractivity contribution is 0.141. The molecule has 0 spiro atoms. The van der Waals surface area contributed by atoms with E-state index in [0.717, 1.165) is 19.3 Å². The van der Waals surface area contributed by atoms with E-state index in [1.807, 2.05) is 0 Å². The summed E-state index contributed by atoms with van der Waals surface area (Å²) < 4.78 is 0. The number of nitrogens with zero attached hydrogens (tertiary/aromatic N) is 1. The Morgan fingerprint density at radius 1 is 1.07 bits per heavy atom. The Hall–Kier alpha value is -1.38. The summed E-state index contributed by atoms with van der Waals surface area (Å²) in [6, 6.07) is 8.85. The summed E-state index contributed by atoms with van der Waals surface area (Å²) in [6.07, 6.45) is 16.5. The van der Waals surface area contributed by atoms with Gasteiger partial charge in [-0.3, -0.25) is 0 Å². The van der Waals surface area contributed by atoms with E-state index in [4.69, 9.17) is 0 Å². The van der Waals surface area contributed by atoms with Crippen LogP contribution in [-0.2, 0) is 6.42 Å². The van der Waals surface area contributed by atoms with Gasteiger partial charge in [0.1, 0.15) is 0 Å². The minimum absolute atomic E-state index is 0.150. The van der Waals surface area contributed by atoms with E-state index >= 15 is 0 Å². The van der Waals surface area contributed by atoms with Crippen molar-refractivity contribution in [1.82, 2.24) is 4.90 Å². The Kier molecular flexibility index (Phi) is 7.93. The highest BCUT2D eigenvalue weighted by atomic mass is 16.3. The standard InChI is InChI=1S/C26H39NO/c1-20-12-14-21(15-13-20)9-6-7-11-24-25-18-22(17-23(25)19-26(24)28)10-5-4-8-16-27(2)3/h7,11-15,17,23-26,28H,4-6,8-10,16,18-19H2,1-3H3/t23-,24+,25-,26+/m0/s1. The third-order valence-corrected chi connectivity index (χ3v) is 6.63. The van der Waals surface area contributed by atoms with Crippen molar-refractivity contribution in [2.45, 2.75) is 64.4 Å². The van der Waals surface area contributed by atoms with Crippen molar-refractivity contribution in [2.24, 2.45) is 17.8 Å². The number of allylic oxidation sites excluding steroid dienone is 3. The van der Waals surface area contributed by atoms with E-state index in [-0.39, 0.29) is 6.10 Å². The van der Waals surface area contributed by atoms with Crippen LogP contribution in [0.15, 0.2) is 48.1 Å². The van der Waals surface area contributed by atoms with E-state index in [0.29, 0.717) is 17.8 Å². The Morgan fingerprint density at radius 3 is 2.61 bits per heavy atom. The second kappa shape index (κ2) is 10.4. The van der Waals surface area contributed by atoms with Gasteiger partial charge in [-0.05, 0) is 89.9 Å². The normalized spacial score (nSPS) is 27.0. The largest absolute Gasteiger partial charge is 0.392 e. The lowest BCUT2D eigenvalue weighted by Crippen LogP contribution is -2.17. The molecule has 1 aromatic rings. The fraction of sp³-hybridized carbons (Fsp3) is 0.615. The van der Waals surface area contributed by atoms with Crippen LogP contribution in [0, 0.1) is 24.7 Å². The topological polar surface area (TPSA) is 23.5 Å². The molecule has 0 amide bonds. The zero-order valence-corrected chi connectivity index (χ0v) is 18.1. The van der Waals surface area contributed by atoms with Crippen LogP contribution < -0.4 is 0 Å². The highest BCUT2D eigenvalue weighted by molar-refractivity contribution is 5.23. The average molecular weight is 382 g/mol. The summed E-state index contributed by atoms with van der Waals surface area (Å²) in [4.78, 5) is 2.27. The van der Waals surface area contributed by atoms with E-state index in [9.17, 15) is 5.11 Å². The Labute approximate surface area is 172 Å². The SMILES string of the molecule is Cc1ccc(CCC=C[C@@H]2[C@H]3CC(CCCCCN(C)C)=C[C@H]3C[C@H]2O)cc1. The smallest absolute Gasteiger partial charge is 0.0611 e. The van der Waals surface area contributed by atoms with E-state index < -0.39 is 0 Å². The molecular weight excluding hydrogens is 342 g/mol. The number of hydrogen-bond acceptors (Lipinski definition) is 2. The van der Waals surface area contributed by atoms with Gasteiger partial charge < -0.3 is 10.0 Å². The lowest BCUT2D eigenvalue weighted by atomic mass is 9.88. The number of benzene rings is 1. The molecule has 2 aliphatic rings. The summed E-state index contributed by atoms with van der Waals surface area (Å²) in [5.41, 5.74) is 4.38. The van der Waals surface area contributed by atoms with Gasteiger partial charge in [0.2, 0.25) is 0 Å². The van der Waals surface area contributed by atoms with E-state index in [2.05, 4.69) is 68.4 Å². The zero-order valence-electron chi connectivity index (χ0n) is 18.1. The third-order valence-electron chi connectivity index (χ3n) is 6.63. The number of aryl methyl sites for hydroxylation is 2. The molecule has 28 heavy (non-hydrogen) atoms. The minimum atomic E-state index is -0.150. The van der Waals surface area contributed by atoms with Crippen molar-refractivity contribution in [3.63, 3.8) is 0 Å². The third kappa shape index (κ3) is 6.06. The molecule has 154 valence electrons. The monoisotopic (exact) mass is 381 g/mol. The number of rotatable bonds is 10. The molecule has 1 fully saturated rings. The van der Waals surface area contributed by atoms with Crippen molar-refractivity contribution in [2.75, 3.05) is 20.6 Å². The highest BCUT2D eigenvalue weighted by Crippen LogP contribution is 2.48. The first-order valence-electron chi connectivity index (χ1n) is 11.3. The van der Waals surface area contributed by atoms with Crippen molar-refractivity contribution in [3.05, 3.63) is 59.2 Å². The summed E-state index contributed by atoms with van der Waals surface area (Å²) in [6.45, 7) is 3.33. The van der Waals surface area contributed by atoms with Gasteiger partial charge in [-0.15, -0.1) is 0 Å². The van der Waals surface area contributed by atoms with Crippen LogP contribution in [0.2, 0.25) is 0 Å². The van der Waals surface area contributed by atoms with Crippen LogP contribution in [-0.4, -0.2) is 36.8 Å². The van der Waals surface area contributed by atoms with Gasteiger partial charge in [0.05, 0.1) is 6.10 Å². The summed E-state index contributed by atoms with van der Waals surface area (Å²) in [5.74, 6) is 1.60. The average Bonchev–Trinajstić information content (AvgIpc) is 3.17. The van der Waals surface area contributed by atoms with Crippen LogP contribution >= 0.6 is 0 Å². The highest BCUT2D eigenvalue weighted by Gasteiger charge is 2.42. The molecule has 0 aliphatic heterocycles. The molecule has 2 nitrogen and oxygen atoms in total. The molecule has 0 aromatic heterocycles. The Balaban J connectivity index is 1.41. The second-order valence-corrected chi connectivity index (χ2v) is 9.30. The molecule has 4 atom stereocenters. The number of aliphatic hydroxyl groups is 1. The maximum atomic E-state index is 10.5. The molecule has 0 bridgehead atoms. The molecule has 0 radical (unpaired) electrons. The molecule has 0 saturated heterocycles. The van der Waals surface area contributed by atoms with Crippen LogP contribution in [0.3, 0.4) is 0 Å². The zero-order chi connectivity index (χ0) is 19.9. The van der Waals surface area contributed by atoms with Gasteiger partial charge in [0.15, 0.2) is 0 Å². The molecule has 0 unspecified atom stereocenters. The van der Waals surface area contributed by atoms with E-state index in [1.165, 1.54) is 49.8 Å². The second-order valence-electron chi connectivity index (χ2n) is 9.30. The molecule has 3 rings (SSSR count). The van der Waals surface area contributed by atoms with Crippen molar-refractivity contribution in [1.29, 1.82) is 0 Å². The van der Waals surface area contributed by atoms with Gasteiger partial charge in [0, 0.05) is 5.92 Å². The van der Waals surface area contributed by atoms with Gasteiger partial charge in [-0.2, -0.15) is 0 Å². The Bertz CT molecular complexity index is 658. The summed E-state index contributed by atoms with van der Waals surface area (Å²) in [7, 11) is 4.31. The number of hydrogen-bond donors (Lipinski definition) is 1. The maximum absolute atomic E-state index is 10.5. The fourth-order valence-corrected chi connectivity index (χ4v) is 5.01. The minimum Gasteiger partial charge on any atom is -0.392 e. The predicted molar refractivity (Wildman–Crippen MR) is 119 cm³/mol. The number of fused-ring (bicyclic) bond motifs is 1. The Morgan fingerprint density at radius 2 is 1.86 bits per heavy atom. The molecule has 2 aliphatic carbocycles. The predicted octanol–water partition coefficient (Wildman–Crippen LogP) is 5.55. The molecular formula is C26H39NO. The van der Waals surface area contributed by atoms with Gasteiger partial charge in [0.25, 0.3) is 0 Å². The number of unbranched alkanes of at least 4 members (excludes halogenated alkanes) is 2. The first-order chi connectivity index (χ1) is 13.5. The van der Waals surface area contributed by atoms with Crippen molar-refractivity contribution >= 4 is 0 Å². The van der Waals surface area contributed by atoms with Crippen LogP contribution in [0.5, 0.6) is 0 Å². The number of aliphatic hydroxyl groups excluding tert-OH is 1. The molecule has 1 N–H and O–H groups in total. The quantitative estimate of drug-likeness (QED) is 0.424. The van der Waals surface area contributed by atoms with Crippen LogP contribution in [0.4, 0.5) is 0 Å². The fourth-order valence-electron chi connectivity index (χ4n) is 5.01. The first kappa shape index (κ1) is 21.3. The molecule has 1 saturated carbocycles. The maximum Gasteiger partial charge on any atom is 0.0611 e. The van der Waals surface area contributed by atoms with Crippen LogP contribution in [0.1, 0.15) is 56.1 Å². The summed E-state index contributed by atoms with van der Waals surface area (Å²) >= 11 is 0. The van der Waals surface area contributed by atoms with Gasteiger partial charge >= 0.3 is 0 Å². The molecule has 1 aromatic carbocycles. The summed E-state index contributed by atoms with van der Waals surface area (Å²) in [5, 5.41) is 10.5. The molecule has 0 heterocycles. The van der Waals surface area contributed by atoms with Crippen LogP contribution in [0.25, 0.3) is 0 Å². The molecule has 2 heteroatoms.